The van der Waals surface area contributed by atoms with Crippen molar-refractivity contribution in [2.45, 2.75) is 25.8 Å². The molecule has 3 aromatic rings. The number of nitrogens with one attached hydrogen (secondary N) is 2. The van der Waals surface area contributed by atoms with Gasteiger partial charge in [0.1, 0.15) is 18.0 Å². The van der Waals surface area contributed by atoms with Gasteiger partial charge in [0.15, 0.2) is 0 Å². The molecule has 1 aliphatic rings. The van der Waals surface area contributed by atoms with Gasteiger partial charge in [-0.25, -0.2) is 9.97 Å². The summed E-state index contributed by atoms with van der Waals surface area (Å²) in [5.74, 6) is 1.55. The van der Waals surface area contributed by atoms with E-state index in [1.54, 1.807) is 12.5 Å². The van der Waals surface area contributed by atoms with Crippen LogP contribution in [-0.4, -0.2) is 28.0 Å². The Labute approximate surface area is 159 Å². The van der Waals surface area contributed by atoms with Crippen molar-refractivity contribution in [2.24, 2.45) is 0 Å². The van der Waals surface area contributed by atoms with Crippen LogP contribution in [0, 0.1) is 0 Å². The fraction of sp³-hybridized carbons (Fsp3) is 0.286. The molecule has 27 heavy (non-hydrogen) atoms. The molecule has 2 N–H and O–H groups in total. The third kappa shape index (κ3) is 4.73. The molecule has 0 unspecified atom stereocenters. The minimum Gasteiger partial charge on any atom is -0.372 e. The third-order valence-electron chi connectivity index (χ3n) is 4.72. The summed E-state index contributed by atoms with van der Waals surface area (Å²) in [6, 6.07) is 14.4. The molecule has 0 amide bonds. The smallest absolute Gasteiger partial charge is 0.135 e. The number of hydrogen-bond donors (Lipinski definition) is 2. The van der Waals surface area contributed by atoms with E-state index < -0.39 is 0 Å². The number of benzene rings is 1. The minimum absolute atomic E-state index is 0.675. The molecule has 0 radical (unpaired) electrons. The number of aromatic nitrogens is 3. The zero-order chi connectivity index (χ0) is 18.3. The predicted molar refractivity (Wildman–Crippen MR) is 109 cm³/mol. The van der Waals surface area contributed by atoms with E-state index >= 15 is 0 Å². The summed E-state index contributed by atoms with van der Waals surface area (Å²) in [6.07, 6.45) is 9.10. The van der Waals surface area contributed by atoms with Crippen LogP contribution in [0.25, 0.3) is 0 Å². The first-order valence-electron chi connectivity index (χ1n) is 9.44. The monoisotopic (exact) mass is 360 g/mol. The quantitative estimate of drug-likeness (QED) is 0.686. The maximum Gasteiger partial charge on any atom is 0.135 e. The molecule has 1 saturated heterocycles. The van der Waals surface area contributed by atoms with Crippen LogP contribution >= 0.6 is 0 Å². The summed E-state index contributed by atoms with van der Waals surface area (Å²) in [6.45, 7) is 2.99. The van der Waals surface area contributed by atoms with Gasteiger partial charge in [0.25, 0.3) is 0 Å². The van der Waals surface area contributed by atoms with E-state index in [0.29, 0.717) is 6.54 Å². The Kier molecular flexibility index (Phi) is 5.43. The van der Waals surface area contributed by atoms with Crippen LogP contribution in [0.15, 0.2) is 61.2 Å². The van der Waals surface area contributed by atoms with Gasteiger partial charge in [0.05, 0.1) is 0 Å². The molecule has 1 fully saturated rings. The highest BCUT2D eigenvalue weighted by Gasteiger charge is 2.10. The summed E-state index contributed by atoms with van der Waals surface area (Å²) in [5, 5.41) is 6.65. The highest BCUT2D eigenvalue weighted by Crippen LogP contribution is 2.23. The highest BCUT2D eigenvalue weighted by atomic mass is 15.1. The molecule has 2 aromatic heterocycles. The molecule has 1 aromatic carbocycles. The molecule has 1 aliphatic heterocycles. The van der Waals surface area contributed by atoms with Crippen molar-refractivity contribution < 1.29 is 0 Å². The lowest BCUT2D eigenvalue weighted by Gasteiger charge is -2.28. The lowest BCUT2D eigenvalue weighted by molar-refractivity contribution is 0.578. The van der Waals surface area contributed by atoms with Gasteiger partial charge in [0.2, 0.25) is 0 Å². The standard InChI is InChI=1S/C21H24N6/c1-2-11-27(12-3-1)19-8-6-18(7-9-19)26-21-13-20(24-16-25-21)23-15-17-5-4-10-22-14-17/h4-10,13-14,16H,1-3,11-12,15H2,(H2,23,24,25,26). The van der Waals surface area contributed by atoms with E-state index in [1.807, 2.05) is 24.4 Å². The van der Waals surface area contributed by atoms with Crippen molar-refractivity contribution in [3.8, 4) is 0 Å². The number of nitrogens with zero attached hydrogens (tertiary/aromatic N) is 4. The van der Waals surface area contributed by atoms with Gasteiger partial charge in [-0.1, -0.05) is 6.07 Å². The van der Waals surface area contributed by atoms with Crippen LogP contribution in [0.4, 0.5) is 23.0 Å². The molecule has 0 spiro atoms. The van der Waals surface area contributed by atoms with Crippen molar-refractivity contribution in [3.63, 3.8) is 0 Å². The Balaban J connectivity index is 1.37. The van der Waals surface area contributed by atoms with E-state index in [-0.39, 0.29) is 0 Å². The number of rotatable bonds is 6. The lowest BCUT2D eigenvalue weighted by atomic mass is 10.1. The second kappa shape index (κ2) is 8.49. The molecule has 4 rings (SSSR count). The van der Waals surface area contributed by atoms with Crippen molar-refractivity contribution in [3.05, 3.63) is 66.7 Å². The van der Waals surface area contributed by atoms with Crippen LogP contribution in [0.5, 0.6) is 0 Å². The van der Waals surface area contributed by atoms with Gasteiger partial charge < -0.3 is 15.5 Å². The Bertz CT molecular complexity index is 844. The van der Waals surface area contributed by atoms with Crippen molar-refractivity contribution in [1.82, 2.24) is 15.0 Å². The highest BCUT2D eigenvalue weighted by molar-refractivity contribution is 5.62. The molecule has 138 valence electrons. The molecule has 6 nitrogen and oxygen atoms in total. The van der Waals surface area contributed by atoms with E-state index in [9.17, 15) is 0 Å². The van der Waals surface area contributed by atoms with E-state index in [0.717, 1.165) is 36.0 Å². The molecule has 6 heteroatoms. The largest absolute Gasteiger partial charge is 0.372 e. The maximum atomic E-state index is 4.32. The van der Waals surface area contributed by atoms with Gasteiger partial charge in [-0.15, -0.1) is 0 Å². The molecular weight excluding hydrogens is 336 g/mol. The topological polar surface area (TPSA) is 66.0 Å². The average molecular weight is 360 g/mol. The van der Waals surface area contributed by atoms with Crippen molar-refractivity contribution in [2.75, 3.05) is 28.6 Å². The molecule has 0 bridgehead atoms. The third-order valence-corrected chi connectivity index (χ3v) is 4.72. The summed E-state index contributed by atoms with van der Waals surface area (Å²) in [5.41, 5.74) is 3.42. The van der Waals surface area contributed by atoms with Crippen LogP contribution in [0.3, 0.4) is 0 Å². The zero-order valence-electron chi connectivity index (χ0n) is 15.3. The van der Waals surface area contributed by atoms with E-state index in [4.69, 9.17) is 0 Å². The number of anilines is 4. The summed E-state index contributed by atoms with van der Waals surface area (Å²) >= 11 is 0. The van der Waals surface area contributed by atoms with E-state index in [2.05, 4.69) is 54.8 Å². The Morgan fingerprint density at radius 2 is 1.74 bits per heavy atom. The average Bonchev–Trinajstić information content (AvgIpc) is 2.75. The van der Waals surface area contributed by atoms with Gasteiger partial charge in [-0.2, -0.15) is 0 Å². The van der Waals surface area contributed by atoms with Gasteiger partial charge in [-0.3, -0.25) is 4.98 Å². The Morgan fingerprint density at radius 3 is 2.52 bits per heavy atom. The van der Waals surface area contributed by atoms with Crippen molar-refractivity contribution in [1.29, 1.82) is 0 Å². The predicted octanol–water partition coefficient (Wildman–Crippen LogP) is 4.22. The van der Waals surface area contributed by atoms with Crippen molar-refractivity contribution >= 4 is 23.0 Å². The lowest BCUT2D eigenvalue weighted by Crippen LogP contribution is -2.29. The Morgan fingerprint density at radius 1 is 0.926 bits per heavy atom. The summed E-state index contributed by atoms with van der Waals surface area (Å²) in [4.78, 5) is 15.2. The van der Waals surface area contributed by atoms with Crippen LogP contribution in [0.2, 0.25) is 0 Å². The SMILES string of the molecule is c1cncc(CNc2cc(Nc3ccc(N4CCCCC4)cc3)ncn2)c1. The van der Waals surface area contributed by atoms with Gasteiger partial charge in [0, 0.05) is 49.5 Å². The van der Waals surface area contributed by atoms with E-state index in [1.165, 1.54) is 24.9 Å². The first-order chi connectivity index (χ1) is 13.4. The molecule has 0 aliphatic carbocycles. The summed E-state index contributed by atoms with van der Waals surface area (Å²) < 4.78 is 0. The van der Waals surface area contributed by atoms with Gasteiger partial charge >= 0.3 is 0 Å². The van der Waals surface area contributed by atoms with Crippen LogP contribution in [-0.2, 0) is 6.54 Å². The fourth-order valence-corrected chi connectivity index (χ4v) is 3.27. The van der Waals surface area contributed by atoms with Gasteiger partial charge in [-0.05, 0) is 55.2 Å². The number of hydrogen-bond acceptors (Lipinski definition) is 6. The zero-order valence-corrected chi connectivity index (χ0v) is 15.3. The fourth-order valence-electron chi connectivity index (χ4n) is 3.27. The number of pyridine rings is 1. The first kappa shape index (κ1) is 17.3. The van der Waals surface area contributed by atoms with Crippen LogP contribution < -0.4 is 15.5 Å². The summed E-state index contributed by atoms with van der Waals surface area (Å²) in [7, 11) is 0. The van der Waals surface area contributed by atoms with Crippen LogP contribution in [0.1, 0.15) is 24.8 Å². The first-order valence-corrected chi connectivity index (χ1v) is 9.44. The molecule has 0 saturated carbocycles. The second-order valence-corrected chi connectivity index (χ2v) is 6.72. The maximum absolute atomic E-state index is 4.32. The second-order valence-electron chi connectivity index (χ2n) is 6.72. The minimum atomic E-state index is 0.675. The Hall–Kier alpha value is -3.15. The number of piperidine rings is 1. The molecule has 0 atom stereocenters. The molecule has 3 heterocycles. The normalized spacial score (nSPS) is 14.0. The molecular formula is C21H24N6.